The van der Waals surface area contributed by atoms with Crippen molar-refractivity contribution in [3.05, 3.63) is 29.6 Å². The molecule has 1 aromatic heterocycles. The van der Waals surface area contributed by atoms with E-state index < -0.39 is 38.9 Å². The van der Waals surface area contributed by atoms with Crippen molar-refractivity contribution in [3.63, 3.8) is 0 Å². The fourth-order valence-corrected chi connectivity index (χ4v) is 3.44. The standard InChI is InChI=1S/C13H11F3N4O2S/c14-9-5-10(8-4-2-1-3-7(8)6-17)20-11(9)18-13(19-20)23(21,22)12(15)16/h1-3,8-10,12H,4-5H2/t8?,9-,10-/m0/s1. The lowest BCUT2D eigenvalue weighted by atomic mass is 9.85. The molecule has 3 rings (SSSR count). The van der Waals surface area contributed by atoms with Crippen LogP contribution in [-0.4, -0.2) is 28.9 Å². The number of hydrogen-bond acceptors (Lipinski definition) is 5. The molecule has 122 valence electrons. The molecule has 0 N–H and O–H groups in total. The van der Waals surface area contributed by atoms with Gasteiger partial charge in [-0.05, 0) is 12.5 Å². The third-order valence-electron chi connectivity index (χ3n) is 3.96. The number of halogens is 3. The number of nitriles is 1. The minimum atomic E-state index is -4.99. The largest absolute Gasteiger partial charge is 0.344 e. The molecule has 0 radical (unpaired) electrons. The summed E-state index contributed by atoms with van der Waals surface area (Å²) in [6.45, 7) is 0. The van der Waals surface area contributed by atoms with Crippen molar-refractivity contribution in [1.29, 1.82) is 5.26 Å². The van der Waals surface area contributed by atoms with Crippen molar-refractivity contribution in [2.24, 2.45) is 5.92 Å². The highest BCUT2D eigenvalue weighted by Crippen LogP contribution is 2.44. The van der Waals surface area contributed by atoms with Crippen LogP contribution >= 0.6 is 0 Å². The van der Waals surface area contributed by atoms with E-state index in [9.17, 15) is 21.6 Å². The Kier molecular flexibility index (Phi) is 3.75. The zero-order valence-electron chi connectivity index (χ0n) is 11.6. The molecule has 0 fully saturated rings. The smallest absolute Gasteiger partial charge is 0.242 e. The average molecular weight is 344 g/mol. The highest BCUT2D eigenvalue weighted by atomic mass is 32.2. The van der Waals surface area contributed by atoms with E-state index in [1.54, 1.807) is 18.2 Å². The fraction of sp³-hybridized carbons (Fsp3) is 0.462. The Bertz CT molecular complexity index is 838. The molecule has 0 spiro atoms. The van der Waals surface area contributed by atoms with Crippen molar-refractivity contribution in [1.82, 2.24) is 14.8 Å². The zero-order valence-corrected chi connectivity index (χ0v) is 12.4. The van der Waals surface area contributed by atoms with Crippen LogP contribution in [0.15, 0.2) is 29.0 Å². The van der Waals surface area contributed by atoms with Crippen molar-refractivity contribution in [2.75, 3.05) is 0 Å². The van der Waals surface area contributed by atoms with E-state index in [4.69, 9.17) is 5.26 Å². The molecule has 0 bridgehead atoms. The van der Waals surface area contributed by atoms with E-state index in [0.29, 0.717) is 12.0 Å². The van der Waals surface area contributed by atoms with Crippen LogP contribution in [0, 0.1) is 17.2 Å². The summed E-state index contributed by atoms with van der Waals surface area (Å²) in [7, 11) is -4.99. The average Bonchev–Trinajstić information content (AvgIpc) is 3.08. The lowest BCUT2D eigenvalue weighted by Crippen LogP contribution is -2.21. The maximum atomic E-state index is 14.1. The molecule has 1 unspecified atom stereocenters. The summed E-state index contributed by atoms with van der Waals surface area (Å²) in [5.74, 6) is -4.36. The Balaban J connectivity index is 2.02. The first-order chi connectivity index (χ1) is 10.9. The van der Waals surface area contributed by atoms with Crippen LogP contribution in [0.1, 0.15) is 30.9 Å². The van der Waals surface area contributed by atoms with E-state index >= 15 is 0 Å². The molecule has 23 heavy (non-hydrogen) atoms. The van der Waals surface area contributed by atoms with Gasteiger partial charge < -0.3 is 0 Å². The van der Waals surface area contributed by atoms with E-state index in [1.165, 1.54) is 0 Å². The van der Waals surface area contributed by atoms with E-state index in [1.807, 2.05) is 6.07 Å². The summed E-state index contributed by atoms with van der Waals surface area (Å²) < 4.78 is 63.3. The molecular formula is C13H11F3N4O2S. The van der Waals surface area contributed by atoms with Gasteiger partial charge in [0.15, 0.2) is 12.0 Å². The molecule has 1 aliphatic carbocycles. The van der Waals surface area contributed by atoms with Gasteiger partial charge in [0.25, 0.3) is 15.0 Å². The molecular weight excluding hydrogens is 333 g/mol. The van der Waals surface area contributed by atoms with Crippen LogP contribution in [0.4, 0.5) is 13.2 Å². The number of nitrogens with zero attached hydrogens (tertiary/aromatic N) is 4. The van der Waals surface area contributed by atoms with Gasteiger partial charge in [-0.1, -0.05) is 12.2 Å². The topological polar surface area (TPSA) is 88.6 Å². The second-order valence-electron chi connectivity index (χ2n) is 5.28. The molecule has 2 heterocycles. The zero-order chi connectivity index (χ0) is 16.8. The number of hydrogen-bond donors (Lipinski definition) is 0. The Morgan fingerprint density at radius 1 is 1.43 bits per heavy atom. The minimum Gasteiger partial charge on any atom is -0.242 e. The second kappa shape index (κ2) is 5.49. The molecule has 6 nitrogen and oxygen atoms in total. The second-order valence-corrected chi connectivity index (χ2v) is 7.09. The summed E-state index contributed by atoms with van der Waals surface area (Å²) in [6, 6.07) is 1.39. The van der Waals surface area contributed by atoms with Gasteiger partial charge in [0.2, 0.25) is 0 Å². The van der Waals surface area contributed by atoms with Crippen molar-refractivity contribution in [2.45, 2.75) is 36.0 Å². The molecule has 0 aromatic carbocycles. The van der Waals surface area contributed by atoms with Gasteiger partial charge >= 0.3 is 5.76 Å². The SMILES string of the molecule is N#CC1=CC=CCC1[C@@H]1C[C@H](F)c2nc(S(=O)(=O)C(F)F)nn21. The van der Waals surface area contributed by atoms with Crippen molar-refractivity contribution >= 4 is 9.84 Å². The van der Waals surface area contributed by atoms with Crippen LogP contribution in [0.5, 0.6) is 0 Å². The highest BCUT2D eigenvalue weighted by Gasteiger charge is 2.43. The molecule has 0 saturated carbocycles. The number of alkyl halides is 3. The van der Waals surface area contributed by atoms with Gasteiger partial charge in [-0.15, -0.1) is 5.10 Å². The summed E-state index contributed by atoms with van der Waals surface area (Å²) in [5, 5.41) is 11.7. The summed E-state index contributed by atoms with van der Waals surface area (Å²) in [6.07, 6.45) is 3.90. The van der Waals surface area contributed by atoms with E-state index in [0.717, 1.165) is 4.68 Å². The predicted octanol–water partition coefficient (Wildman–Crippen LogP) is 2.26. The summed E-state index contributed by atoms with van der Waals surface area (Å²) in [4.78, 5) is 3.45. The molecule has 3 atom stereocenters. The van der Waals surface area contributed by atoms with Gasteiger partial charge in [0, 0.05) is 17.9 Å². The van der Waals surface area contributed by atoms with E-state index in [-0.39, 0.29) is 12.2 Å². The molecule has 10 heteroatoms. The third kappa shape index (κ3) is 2.45. The Hall–Kier alpha value is -2.15. The number of rotatable bonds is 3. The molecule has 0 saturated heterocycles. The van der Waals surface area contributed by atoms with Gasteiger partial charge in [-0.2, -0.15) is 19.0 Å². The molecule has 1 aliphatic heterocycles. The number of sulfone groups is 1. The number of allylic oxidation sites excluding steroid dienone is 4. The number of aromatic nitrogens is 3. The number of fused-ring (bicyclic) bond motifs is 1. The highest BCUT2D eigenvalue weighted by molar-refractivity contribution is 7.91. The monoisotopic (exact) mass is 344 g/mol. The normalized spacial score (nSPS) is 26.9. The van der Waals surface area contributed by atoms with Gasteiger partial charge in [0.05, 0.1) is 12.1 Å². The summed E-state index contributed by atoms with van der Waals surface area (Å²) in [5.41, 5.74) is 0.409. The van der Waals surface area contributed by atoms with E-state index in [2.05, 4.69) is 10.1 Å². The minimum absolute atomic E-state index is 0.0259. The quantitative estimate of drug-likeness (QED) is 0.839. The Labute approximate surface area is 129 Å². The Morgan fingerprint density at radius 3 is 2.83 bits per heavy atom. The first-order valence-corrected chi connectivity index (χ1v) is 8.30. The van der Waals surface area contributed by atoms with Crippen LogP contribution in [0.3, 0.4) is 0 Å². The molecule has 2 aliphatic rings. The first kappa shape index (κ1) is 15.7. The van der Waals surface area contributed by atoms with Crippen LogP contribution in [-0.2, 0) is 9.84 Å². The van der Waals surface area contributed by atoms with Gasteiger partial charge in [-0.3, -0.25) is 0 Å². The lowest BCUT2D eigenvalue weighted by Gasteiger charge is -2.23. The fourth-order valence-electron chi connectivity index (χ4n) is 2.86. The summed E-state index contributed by atoms with van der Waals surface area (Å²) >= 11 is 0. The van der Waals surface area contributed by atoms with Crippen molar-refractivity contribution < 1.29 is 21.6 Å². The van der Waals surface area contributed by atoms with Crippen LogP contribution in [0.2, 0.25) is 0 Å². The maximum Gasteiger partial charge on any atom is 0.344 e. The van der Waals surface area contributed by atoms with Gasteiger partial charge in [-0.25, -0.2) is 17.5 Å². The predicted molar refractivity (Wildman–Crippen MR) is 71.7 cm³/mol. The lowest BCUT2D eigenvalue weighted by molar-refractivity contribution is 0.233. The Morgan fingerprint density at radius 2 is 2.17 bits per heavy atom. The maximum absolute atomic E-state index is 14.1. The van der Waals surface area contributed by atoms with Crippen LogP contribution < -0.4 is 0 Å². The third-order valence-corrected chi connectivity index (χ3v) is 5.12. The molecule has 0 amide bonds. The first-order valence-electron chi connectivity index (χ1n) is 6.75. The van der Waals surface area contributed by atoms with Crippen molar-refractivity contribution in [3.8, 4) is 6.07 Å². The van der Waals surface area contributed by atoms with Gasteiger partial charge in [0.1, 0.15) is 0 Å². The van der Waals surface area contributed by atoms with Crippen LogP contribution in [0.25, 0.3) is 0 Å². The molecule has 1 aromatic rings.